The third-order valence-electron chi connectivity index (χ3n) is 2.56. The first kappa shape index (κ1) is 58.0. The van der Waals surface area contributed by atoms with E-state index in [2.05, 4.69) is 30.7 Å². The Balaban J connectivity index is -0.0000000364. The molecule has 14 nitrogen and oxygen atoms in total. The van der Waals surface area contributed by atoms with Gasteiger partial charge in [-0.15, -0.1) is 0 Å². The molecule has 19 heteroatoms. The summed E-state index contributed by atoms with van der Waals surface area (Å²) in [4.78, 5) is 0. The molecule has 0 aliphatic heterocycles. The monoisotopic (exact) mass is 592 g/mol. The summed E-state index contributed by atoms with van der Waals surface area (Å²) in [7, 11) is -7.37. The SMILES string of the molecule is O.O.O.O.O.O.O=S([O-])(=S)OCCCCCCO.O=S([O-])(=S)OCCCCCCO.[Ni+2]. The molecule has 0 bridgehead atoms. The third-order valence-corrected chi connectivity index (χ3v) is 4.05. The van der Waals surface area contributed by atoms with Gasteiger partial charge in [0.15, 0.2) is 0 Å². The van der Waals surface area contributed by atoms with Crippen LogP contribution in [-0.2, 0) is 65.3 Å². The Labute approximate surface area is 203 Å². The summed E-state index contributed by atoms with van der Waals surface area (Å²) in [6.07, 6.45) is 6.30. The molecule has 0 aromatic rings. The van der Waals surface area contributed by atoms with Crippen LogP contribution in [0.15, 0.2) is 0 Å². The van der Waals surface area contributed by atoms with Gasteiger partial charge in [0.25, 0.3) is 0 Å². The van der Waals surface area contributed by atoms with Gasteiger partial charge in [0.2, 0.25) is 0 Å². The summed E-state index contributed by atoms with van der Waals surface area (Å²) in [6.45, 7) is 0.662. The number of aliphatic hydroxyl groups excluding tert-OH is 2. The Kier molecular flexibility index (Phi) is 71.2. The molecule has 0 aromatic heterocycles. The standard InChI is InChI=1S/2C6H14O4S2.Ni.6H2O/c2*7-5-3-1-2-4-6-10-12(8,9)11;;;;;;;/h2*7H,1-6H2,(H,8,9,11);;6*1H2/q;;+2;;;;;;/p-2. The van der Waals surface area contributed by atoms with Gasteiger partial charge in [-0.2, -0.15) is 0 Å². The molecule has 0 heterocycles. The van der Waals surface area contributed by atoms with Gasteiger partial charge >= 0.3 is 16.5 Å². The molecule has 0 saturated carbocycles. The maximum atomic E-state index is 10.3. The summed E-state index contributed by atoms with van der Waals surface area (Å²) >= 11 is 7.99. The van der Waals surface area contributed by atoms with Crippen molar-refractivity contribution in [1.29, 1.82) is 0 Å². The van der Waals surface area contributed by atoms with E-state index < -0.39 is 18.1 Å². The van der Waals surface area contributed by atoms with Gasteiger partial charge in [0, 0.05) is 13.2 Å². The zero-order chi connectivity index (χ0) is 18.9. The first-order valence-corrected chi connectivity index (χ1v) is 12.2. The molecule has 0 aliphatic carbocycles. The van der Waals surface area contributed by atoms with Crippen LogP contribution in [0.3, 0.4) is 0 Å². The van der Waals surface area contributed by atoms with Crippen LogP contribution in [0.2, 0.25) is 0 Å². The van der Waals surface area contributed by atoms with Crippen molar-refractivity contribution in [3.05, 3.63) is 0 Å². The van der Waals surface area contributed by atoms with E-state index in [1.807, 2.05) is 0 Å². The quantitative estimate of drug-likeness (QED) is 0.144. The smallest absolute Gasteiger partial charge is 0.748 e. The van der Waals surface area contributed by atoms with Crippen molar-refractivity contribution >= 4 is 40.5 Å². The molecule has 14 N–H and O–H groups in total. The molecule has 2 atom stereocenters. The number of hydrogen-bond acceptors (Lipinski definition) is 10. The summed E-state index contributed by atoms with van der Waals surface area (Å²) in [5.74, 6) is 0. The molecular formula is C12H38NiO14S4. The minimum Gasteiger partial charge on any atom is -0.748 e. The first-order valence-electron chi connectivity index (χ1n) is 7.54. The largest absolute Gasteiger partial charge is 2.00 e. The van der Waals surface area contributed by atoms with Crippen LogP contribution in [0.25, 0.3) is 0 Å². The number of aliphatic hydroxyl groups is 2. The van der Waals surface area contributed by atoms with Crippen molar-refractivity contribution in [1.82, 2.24) is 0 Å². The Morgan fingerprint density at radius 1 is 0.581 bits per heavy atom. The second-order valence-corrected chi connectivity index (χ2v) is 9.29. The van der Waals surface area contributed by atoms with Crippen molar-refractivity contribution in [2.45, 2.75) is 51.4 Å². The Bertz CT molecular complexity index is 434. The van der Waals surface area contributed by atoms with Crippen molar-refractivity contribution in [3.8, 4) is 0 Å². The molecule has 0 spiro atoms. The van der Waals surface area contributed by atoms with Crippen molar-refractivity contribution in [3.63, 3.8) is 0 Å². The van der Waals surface area contributed by atoms with Gasteiger partial charge in [0.1, 0.15) is 0 Å². The Morgan fingerprint density at radius 3 is 1.00 bits per heavy atom. The van der Waals surface area contributed by atoms with Crippen LogP contribution >= 0.6 is 0 Å². The van der Waals surface area contributed by atoms with Crippen LogP contribution in [0.5, 0.6) is 0 Å². The van der Waals surface area contributed by atoms with E-state index in [1.165, 1.54) is 0 Å². The van der Waals surface area contributed by atoms with Crippen molar-refractivity contribution in [2.24, 2.45) is 0 Å². The van der Waals surface area contributed by atoms with Gasteiger partial charge in [-0.1, -0.05) is 25.7 Å². The number of rotatable bonds is 14. The van der Waals surface area contributed by atoms with Crippen LogP contribution in [0, 0.1) is 0 Å². The van der Waals surface area contributed by atoms with Gasteiger partial charge in [-0.05, 0) is 48.1 Å². The second kappa shape index (κ2) is 38.0. The van der Waals surface area contributed by atoms with Crippen LogP contribution < -0.4 is 0 Å². The molecule has 204 valence electrons. The normalized spacial score (nSPS) is 12.3. The third kappa shape index (κ3) is 72.3. The fraction of sp³-hybridized carbons (Fsp3) is 1.00. The van der Waals surface area contributed by atoms with Gasteiger partial charge in [-0.25, -0.2) is 8.42 Å². The molecule has 31 heavy (non-hydrogen) atoms. The fourth-order valence-electron chi connectivity index (χ4n) is 1.46. The predicted molar refractivity (Wildman–Crippen MR) is 117 cm³/mol. The number of unbranched alkanes of at least 4 members (excludes halogenated alkanes) is 6. The minimum atomic E-state index is -3.68. The summed E-state index contributed by atoms with van der Waals surface area (Å²) in [5.41, 5.74) is 0. The Hall–Kier alpha value is 0.754. The van der Waals surface area contributed by atoms with Gasteiger partial charge in [0.05, 0.1) is 31.3 Å². The first-order chi connectivity index (χ1) is 11.1. The minimum absolute atomic E-state index is 0. The van der Waals surface area contributed by atoms with E-state index in [1.54, 1.807) is 0 Å². The van der Waals surface area contributed by atoms with E-state index in [9.17, 15) is 17.5 Å². The molecule has 0 aliphatic rings. The van der Waals surface area contributed by atoms with E-state index in [0.717, 1.165) is 38.5 Å². The number of hydrogen-bond donors (Lipinski definition) is 2. The van der Waals surface area contributed by atoms with Gasteiger partial charge in [-0.3, -0.25) is 8.37 Å². The van der Waals surface area contributed by atoms with Crippen molar-refractivity contribution < 1.29 is 85.5 Å². The molecule has 0 radical (unpaired) electrons. The molecular weight excluding hydrogens is 555 g/mol. The van der Waals surface area contributed by atoms with E-state index in [0.29, 0.717) is 12.8 Å². The average molecular weight is 593 g/mol. The molecule has 0 fully saturated rings. The van der Waals surface area contributed by atoms with Crippen molar-refractivity contribution in [2.75, 3.05) is 26.4 Å². The summed E-state index contributed by atoms with van der Waals surface area (Å²) < 4.78 is 49.8. The summed E-state index contributed by atoms with van der Waals surface area (Å²) in [6, 6.07) is 0. The molecule has 2 unspecified atom stereocenters. The second-order valence-electron chi connectivity index (χ2n) is 4.74. The van der Waals surface area contributed by atoms with E-state index in [4.69, 9.17) is 10.2 Å². The van der Waals surface area contributed by atoms with Crippen LogP contribution in [-0.4, -0.2) is 87.0 Å². The fourth-order valence-corrected chi connectivity index (χ4v) is 2.51. The van der Waals surface area contributed by atoms with Crippen LogP contribution in [0.4, 0.5) is 0 Å². The molecule has 0 saturated heterocycles. The Morgan fingerprint density at radius 2 is 0.806 bits per heavy atom. The summed E-state index contributed by atoms with van der Waals surface area (Å²) in [5, 5.41) is 16.8. The zero-order valence-corrected chi connectivity index (χ0v) is 21.0. The maximum absolute atomic E-state index is 10.3. The van der Waals surface area contributed by atoms with Gasteiger partial charge < -0.3 is 52.2 Å². The predicted octanol–water partition coefficient (Wildman–Crippen LogP) is -4.26. The maximum Gasteiger partial charge on any atom is 2.00 e. The zero-order valence-electron chi connectivity index (χ0n) is 16.8. The van der Waals surface area contributed by atoms with E-state index in [-0.39, 0.29) is 75.8 Å². The average Bonchev–Trinajstić information content (AvgIpc) is 2.45. The molecule has 0 rings (SSSR count). The molecule has 0 amide bonds. The van der Waals surface area contributed by atoms with Crippen LogP contribution in [0.1, 0.15) is 51.4 Å². The van der Waals surface area contributed by atoms with E-state index >= 15 is 0 Å². The topological polar surface area (TPSA) is 328 Å². The molecule has 0 aromatic carbocycles.